The van der Waals surface area contributed by atoms with Gasteiger partial charge in [-0.15, -0.1) is 0 Å². The van der Waals surface area contributed by atoms with Gasteiger partial charge in [-0.05, 0) is 120 Å². The number of aromatic nitrogens is 1. The van der Waals surface area contributed by atoms with Gasteiger partial charge in [-0.1, -0.05) is 218 Å². The number of amidine groups is 1. The van der Waals surface area contributed by atoms with Crippen LogP contribution in [0.15, 0.2) is 254 Å². The van der Waals surface area contributed by atoms with E-state index >= 15 is 0 Å². The number of nitrogens with one attached hydrogen (secondary N) is 3. The molecule has 0 spiro atoms. The van der Waals surface area contributed by atoms with E-state index in [1.165, 1.54) is 60.8 Å². The summed E-state index contributed by atoms with van der Waals surface area (Å²) in [7, 11) is 0. The fraction of sp³-hybridized carbons (Fsp3) is 0.0588. The molecule has 0 saturated heterocycles. The molecule has 346 valence electrons. The number of hydrogen-bond donors (Lipinski definition) is 3. The van der Waals surface area contributed by atoms with Gasteiger partial charge in [-0.2, -0.15) is 0 Å². The van der Waals surface area contributed by atoms with Crippen LogP contribution < -0.4 is 16.0 Å². The third-order valence-corrected chi connectivity index (χ3v) is 15.3. The Labute approximate surface area is 425 Å². The Balaban J connectivity index is 1.01. The van der Waals surface area contributed by atoms with Gasteiger partial charge in [0.25, 0.3) is 0 Å². The first-order valence-corrected chi connectivity index (χ1v) is 25.3. The monoisotopic (exact) mass is 935 g/mol. The molecule has 0 saturated carbocycles. The zero-order chi connectivity index (χ0) is 48.3. The van der Waals surface area contributed by atoms with Gasteiger partial charge in [0.1, 0.15) is 18.2 Å². The normalized spacial score (nSPS) is 16.2. The highest BCUT2D eigenvalue weighted by atomic mass is 15.3. The summed E-state index contributed by atoms with van der Waals surface area (Å²) < 4.78 is 0. The standard InChI is InChI=1S/C68H49N5/c1-5-20-44(21-6-1)65-71-66(45-22-7-2-8-23-45)73-67(72-65)48-41-46(51-36-37-57(54-29-14-13-28-53(51)54)64-59-43-69-39-38-55(59)56-30-16-18-35-62(56)70-64)40-47(42-48)52-32-19-34-61-63(52)58-31-15-17-33-60(58)68(61,49-24-9-3-10-25-49)50-26-11-4-12-27-50/h1-42,65,67,69,72H,43H2,(H,71,73). The van der Waals surface area contributed by atoms with Crippen molar-refractivity contribution >= 4 is 33.6 Å². The predicted molar refractivity (Wildman–Crippen MR) is 300 cm³/mol. The van der Waals surface area contributed by atoms with Gasteiger partial charge >= 0.3 is 0 Å². The molecule has 0 fully saturated rings. The summed E-state index contributed by atoms with van der Waals surface area (Å²) in [5, 5.41) is 14.8. The molecule has 5 nitrogen and oxygen atoms in total. The van der Waals surface area contributed by atoms with E-state index in [-0.39, 0.29) is 12.3 Å². The largest absolute Gasteiger partial charge is 0.387 e. The van der Waals surface area contributed by atoms with E-state index in [0.29, 0.717) is 6.54 Å². The van der Waals surface area contributed by atoms with E-state index in [4.69, 9.17) is 9.98 Å². The lowest BCUT2D eigenvalue weighted by atomic mass is 9.67. The van der Waals surface area contributed by atoms with Crippen LogP contribution in [0.4, 0.5) is 0 Å². The molecule has 1 aliphatic carbocycles. The van der Waals surface area contributed by atoms with Crippen LogP contribution >= 0.6 is 0 Å². The summed E-state index contributed by atoms with van der Waals surface area (Å²) >= 11 is 0. The first-order valence-electron chi connectivity index (χ1n) is 25.3. The van der Waals surface area contributed by atoms with Crippen molar-refractivity contribution in [2.45, 2.75) is 24.3 Å². The molecule has 0 radical (unpaired) electrons. The molecule has 3 N–H and O–H groups in total. The minimum absolute atomic E-state index is 0.287. The molecule has 0 bridgehead atoms. The van der Waals surface area contributed by atoms with Crippen LogP contribution in [0.1, 0.15) is 62.4 Å². The van der Waals surface area contributed by atoms with Gasteiger partial charge in [0.05, 0.1) is 16.6 Å². The predicted octanol–water partition coefficient (Wildman–Crippen LogP) is 15.2. The van der Waals surface area contributed by atoms with Crippen molar-refractivity contribution in [3.63, 3.8) is 0 Å². The molecular formula is C68H49N5. The molecule has 73 heavy (non-hydrogen) atoms. The van der Waals surface area contributed by atoms with Gasteiger partial charge in [0.15, 0.2) is 0 Å². The number of hydrogen-bond acceptors (Lipinski definition) is 5. The Hall–Kier alpha value is -9.16. The molecule has 3 heterocycles. The number of pyridine rings is 1. The van der Waals surface area contributed by atoms with Gasteiger partial charge in [-0.25, -0.2) is 9.98 Å². The topological polar surface area (TPSA) is 61.3 Å². The second kappa shape index (κ2) is 17.6. The van der Waals surface area contributed by atoms with Crippen molar-refractivity contribution < 1.29 is 0 Å². The average molecular weight is 936 g/mol. The molecular weight excluding hydrogens is 887 g/mol. The van der Waals surface area contributed by atoms with Crippen LogP contribution in [-0.2, 0) is 12.0 Å². The summed E-state index contributed by atoms with van der Waals surface area (Å²) in [6.45, 7) is 0.709. The fourth-order valence-corrected chi connectivity index (χ4v) is 12.1. The second-order valence-corrected chi connectivity index (χ2v) is 19.3. The summed E-state index contributed by atoms with van der Waals surface area (Å²) in [4.78, 5) is 10.7. The highest BCUT2D eigenvalue weighted by molar-refractivity contribution is 6.07. The summed E-state index contributed by atoms with van der Waals surface area (Å²) in [5.74, 6) is 0.848. The third-order valence-electron chi connectivity index (χ3n) is 15.3. The molecule has 10 aromatic carbocycles. The Bertz CT molecular complexity index is 3940. The number of aliphatic imine (C=N–C) groups is 1. The molecule has 2 unspecified atom stereocenters. The van der Waals surface area contributed by atoms with Crippen LogP contribution in [0.5, 0.6) is 0 Å². The van der Waals surface area contributed by atoms with Crippen molar-refractivity contribution in [1.82, 2.24) is 20.9 Å². The van der Waals surface area contributed by atoms with Crippen molar-refractivity contribution in [2.75, 3.05) is 0 Å². The third kappa shape index (κ3) is 7.03. The van der Waals surface area contributed by atoms with Gasteiger partial charge in [-0.3, -0.25) is 5.32 Å². The van der Waals surface area contributed by atoms with E-state index in [0.717, 1.165) is 61.4 Å². The average Bonchev–Trinajstić information content (AvgIpc) is 3.79. The van der Waals surface area contributed by atoms with Crippen LogP contribution in [0.2, 0.25) is 0 Å². The molecule has 2 atom stereocenters. The minimum atomic E-state index is -0.533. The second-order valence-electron chi connectivity index (χ2n) is 19.3. The van der Waals surface area contributed by atoms with Crippen molar-refractivity contribution in [3.05, 3.63) is 299 Å². The maximum absolute atomic E-state index is 5.41. The lowest BCUT2D eigenvalue weighted by molar-refractivity contribution is 0.409. The number of fused-ring (bicyclic) bond motifs is 7. The number of para-hydroxylation sites is 1. The lowest BCUT2D eigenvalue weighted by Crippen LogP contribution is -2.45. The first-order chi connectivity index (χ1) is 36.2. The van der Waals surface area contributed by atoms with Gasteiger partial charge < -0.3 is 10.6 Å². The Kier molecular flexibility index (Phi) is 10.3. The Morgan fingerprint density at radius 1 is 0.452 bits per heavy atom. The zero-order valence-corrected chi connectivity index (χ0v) is 40.0. The van der Waals surface area contributed by atoms with Crippen LogP contribution in [0.3, 0.4) is 0 Å². The van der Waals surface area contributed by atoms with Crippen molar-refractivity contribution in [2.24, 2.45) is 4.99 Å². The molecule has 3 aliphatic rings. The van der Waals surface area contributed by atoms with Crippen molar-refractivity contribution in [1.29, 1.82) is 0 Å². The Morgan fingerprint density at radius 3 is 1.79 bits per heavy atom. The van der Waals surface area contributed by atoms with E-state index in [2.05, 4.69) is 271 Å². The number of nitrogens with zero attached hydrogens (tertiary/aromatic N) is 2. The van der Waals surface area contributed by atoms with E-state index < -0.39 is 5.41 Å². The maximum Gasteiger partial charge on any atom is 0.131 e. The molecule has 0 amide bonds. The molecule has 2 aliphatic heterocycles. The fourth-order valence-electron chi connectivity index (χ4n) is 12.1. The van der Waals surface area contributed by atoms with Crippen LogP contribution in [0.25, 0.3) is 72.4 Å². The highest BCUT2D eigenvalue weighted by Gasteiger charge is 2.47. The molecule has 1 aromatic heterocycles. The molecule has 11 aromatic rings. The SMILES string of the molecule is C1=Cc2c(c(-c3ccc(-c4cc(-c5cccc6c5-c5ccccc5C6(c5ccccc5)c5ccccc5)cc(C5NC(c6ccccc6)=NC(c6ccccc6)N5)c4)c4ccccc34)nc3ccccc23)CN1. The number of rotatable bonds is 8. The molecule has 14 rings (SSSR count). The summed E-state index contributed by atoms with van der Waals surface area (Å²) in [6, 6.07) is 88.4. The minimum Gasteiger partial charge on any atom is -0.387 e. The van der Waals surface area contributed by atoms with E-state index in [9.17, 15) is 0 Å². The Morgan fingerprint density at radius 2 is 1.04 bits per heavy atom. The lowest BCUT2D eigenvalue weighted by Gasteiger charge is -2.34. The zero-order valence-electron chi connectivity index (χ0n) is 40.0. The van der Waals surface area contributed by atoms with Gasteiger partial charge in [0.2, 0.25) is 0 Å². The smallest absolute Gasteiger partial charge is 0.131 e. The highest BCUT2D eigenvalue weighted by Crippen LogP contribution is 2.58. The first kappa shape index (κ1) is 42.7. The van der Waals surface area contributed by atoms with E-state index in [1.807, 2.05) is 0 Å². The quantitative estimate of drug-likeness (QED) is 0.142. The van der Waals surface area contributed by atoms with Gasteiger partial charge in [0, 0.05) is 28.6 Å². The van der Waals surface area contributed by atoms with Crippen molar-refractivity contribution in [3.8, 4) is 44.6 Å². The molecule has 5 heteroatoms. The van der Waals surface area contributed by atoms with Crippen LogP contribution in [0, 0.1) is 0 Å². The van der Waals surface area contributed by atoms with Crippen LogP contribution in [-0.4, -0.2) is 10.8 Å². The maximum atomic E-state index is 5.41. The summed E-state index contributed by atoms with van der Waals surface area (Å²) in [5.41, 5.74) is 20.4. The number of benzene rings is 10. The van der Waals surface area contributed by atoms with E-state index in [1.54, 1.807) is 0 Å². The summed E-state index contributed by atoms with van der Waals surface area (Å²) in [6.07, 6.45) is 3.67.